The summed E-state index contributed by atoms with van der Waals surface area (Å²) in [6.45, 7) is 3.62. The van der Waals surface area contributed by atoms with Gasteiger partial charge in [-0.2, -0.15) is 0 Å². The summed E-state index contributed by atoms with van der Waals surface area (Å²) in [7, 11) is 0. The van der Waals surface area contributed by atoms with Gasteiger partial charge >= 0.3 is 0 Å². The molecule has 2 heterocycles. The van der Waals surface area contributed by atoms with E-state index >= 15 is 0 Å². The second-order valence-electron chi connectivity index (χ2n) is 4.27. The second-order valence-corrected chi connectivity index (χ2v) is 4.27. The molecule has 1 aliphatic rings. The predicted octanol–water partition coefficient (Wildman–Crippen LogP) is 0.548. The number of fused-ring (bicyclic) bond motifs is 1. The van der Waals surface area contributed by atoms with Gasteiger partial charge in [0.2, 0.25) is 0 Å². The molecule has 86 valence electrons. The highest BCUT2D eigenvalue weighted by atomic mass is 16.2. The van der Waals surface area contributed by atoms with Crippen molar-refractivity contribution in [3.8, 4) is 0 Å². The van der Waals surface area contributed by atoms with E-state index in [1.807, 2.05) is 6.92 Å². The summed E-state index contributed by atoms with van der Waals surface area (Å²) < 4.78 is 1.61. The third-order valence-corrected chi connectivity index (χ3v) is 3.08. The van der Waals surface area contributed by atoms with Crippen molar-refractivity contribution in [2.45, 2.75) is 39.2 Å². The van der Waals surface area contributed by atoms with E-state index in [1.165, 1.54) is 0 Å². The number of amides is 1. The first kappa shape index (κ1) is 10.9. The molecule has 1 atom stereocenters. The Labute approximate surface area is 93.3 Å². The first-order valence-electron chi connectivity index (χ1n) is 5.44. The average Bonchev–Trinajstić information content (AvgIpc) is 2.15. The van der Waals surface area contributed by atoms with Crippen molar-refractivity contribution in [1.29, 1.82) is 0 Å². The number of primary amides is 1. The van der Waals surface area contributed by atoms with Gasteiger partial charge in [-0.3, -0.25) is 14.2 Å². The van der Waals surface area contributed by atoms with Crippen molar-refractivity contribution >= 4 is 5.91 Å². The molecule has 1 amide bonds. The number of rotatable bonds is 1. The standard InChI is InChI=1S/C11H15N3O2/c1-6-4-3-5-8-13-7(2)9(10(12)15)11(16)14(6)8/h6H,3-5H2,1-2H3,(H2,12,15). The largest absolute Gasteiger partial charge is 0.365 e. The summed E-state index contributed by atoms with van der Waals surface area (Å²) in [4.78, 5) is 27.6. The summed E-state index contributed by atoms with van der Waals surface area (Å²) in [5.41, 5.74) is 5.38. The maximum Gasteiger partial charge on any atom is 0.266 e. The highest BCUT2D eigenvalue weighted by molar-refractivity contribution is 5.93. The van der Waals surface area contributed by atoms with Crippen LogP contribution >= 0.6 is 0 Å². The summed E-state index contributed by atoms with van der Waals surface area (Å²) >= 11 is 0. The highest BCUT2D eigenvalue weighted by Crippen LogP contribution is 2.21. The van der Waals surface area contributed by atoms with Crippen LogP contribution in [0.1, 0.15) is 47.7 Å². The molecule has 0 saturated heterocycles. The van der Waals surface area contributed by atoms with Gasteiger partial charge in [0.05, 0.1) is 5.69 Å². The molecule has 0 spiro atoms. The van der Waals surface area contributed by atoms with Gasteiger partial charge in [0.15, 0.2) is 0 Å². The monoisotopic (exact) mass is 221 g/mol. The fourth-order valence-corrected chi connectivity index (χ4v) is 2.30. The maximum atomic E-state index is 12.1. The van der Waals surface area contributed by atoms with Crippen LogP contribution in [0.2, 0.25) is 0 Å². The highest BCUT2D eigenvalue weighted by Gasteiger charge is 2.23. The van der Waals surface area contributed by atoms with Crippen LogP contribution in [-0.4, -0.2) is 15.5 Å². The van der Waals surface area contributed by atoms with Crippen LogP contribution in [0.5, 0.6) is 0 Å². The molecule has 1 aromatic rings. The van der Waals surface area contributed by atoms with E-state index in [0.29, 0.717) is 5.69 Å². The zero-order chi connectivity index (χ0) is 11.9. The Hall–Kier alpha value is -1.65. The Morgan fingerprint density at radius 2 is 2.25 bits per heavy atom. The lowest BCUT2D eigenvalue weighted by Crippen LogP contribution is -2.37. The van der Waals surface area contributed by atoms with Crippen molar-refractivity contribution in [1.82, 2.24) is 9.55 Å². The van der Waals surface area contributed by atoms with Gasteiger partial charge in [-0.1, -0.05) is 0 Å². The van der Waals surface area contributed by atoms with E-state index in [-0.39, 0.29) is 17.2 Å². The van der Waals surface area contributed by atoms with Crippen LogP contribution in [0, 0.1) is 6.92 Å². The number of carbonyl (C=O) groups is 1. The minimum Gasteiger partial charge on any atom is -0.365 e. The van der Waals surface area contributed by atoms with E-state index in [2.05, 4.69) is 4.98 Å². The van der Waals surface area contributed by atoms with E-state index in [1.54, 1.807) is 11.5 Å². The molecule has 1 aromatic heterocycles. The van der Waals surface area contributed by atoms with E-state index < -0.39 is 5.91 Å². The topological polar surface area (TPSA) is 78.0 Å². The molecule has 0 fully saturated rings. The zero-order valence-electron chi connectivity index (χ0n) is 9.49. The fraction of sp³-hybridized carbons (Fsp3) is 0.545. The van der Waals surface area contributed by atoms with Crippen LogP contribution in [0.15, 0.2) is 4.79 Å². The maximum absolute atomic E-state index is 12.1. The molecule has 0 bridgehead atoms. The van der Waals surface area contributed by atoms with Gasteiger partial charge in [0.25, 0.3) is 11.5 Å². The molecule has 16 heavy (non-hydrogen) atoms. The molecule has 5 heteroatoms. The average molecular weight is 221 g/mol. The van der Waals surface area contributed by atoms with Crippen molar-refractivity contribution in [3.05, 3.63) is 27.4 Å². The number of hydrogen-bond acceptors (Lipinski definition) is 3. The Balaban J connectivity index is 2.74. The molecule has 0 aromatic carbocycles. The van der Waals surface area contributed by atoms with E-state index in [4.69, 9.17) is 5.73 Å². The van der Waals surface area contributed by atoms with E-state index in [9.17, 15) is 9.59 Å². The molecule has 0 radical (unpaired) electrons. The SMILES string of the molecule is Cc1nc2n(c(=O)c1C(N)=O)C(C)CCC2. The third kappa shape index (κ3) is 1.52. The minimum absolute atomic E-state index is 0.0255. The van der Waals surface area contributed by atoms with Crippen molar-refractivity contribution in [2.75, 3.05) is 0 Å². The van der Waals surface area contributed by atoms with Gasteiger partial charge in [-0.05, 0) is 26.7 Å². The minimum atomic E-state index is -0.692. The van der Waals surface area contributed by atoms with Gasteiger partial charge in [-0.25, -0.2) is 4.98 Å². The number of nitrogens with two attached hydrogens (primary N) is 1. The first-order valence-corrected chi connectivity index (χ1v) is 5.44. The Bertz CT molecular complexity index is 505. The molecule has 5 nitrogen and oxygen atoms in total. The lowest BCUT2D eigenvalue weighted by molar-refractivity contribution is 0.0996. The molecule has 2 rings (SSSR count). The number of aromatic nitrogens is 2. The number of hydrogen-bond donors (Lipinski definition) is 1. The number of aryl methyl sites for hydroxylation is 2. The van der Waals surface area contributed by atoms with Crippen molar-refractivity contribution in [3.63, 3.8) is 0 Å². The lowest BCUT2D eigenvalue weighted by Gasteiger charge is -2.24. The molecular weight excluding hydrogens is 206 g/mol. The molecule has 2 N–H and O–H groups in total. The number of carbonyl (C=O) groups excluding carboxylic acids is 1. The Kier molecular flexibility index (Phi) is 2.53. The van der Waals surface area contributed by atoms with Crippen molar-refractivity contribution < 1.29 is 4.79 Å². The number of nitrogens with zero attached hydrogens (tertiary/aromatic N) is 2. The summed E-state index contributed by atoms with van der Waals surface area (Å²) in [6, 6.07) is 0.0995. The predicted molar refractivity (Wildman–Crippen MR) is 59.4 cm³/mol. The van der Waals surface area contributed by atoms with Crippen LogP contribution in [0.3, 0.4) is 0 Å². The molecule has 0 saturated carbocycles. The zero-order valence-corrected chi connectivity index (χ0v) is 9.49. The second kappa shape index (κ2) is 3.73. The Morgan fingerprint density at radius 3 is 2.88 bits per heavy atom. The third-order valence-electron chi connectivity index (χ3n) is 3.08. The first-order chi connectivity index (χ1) is 7.52. The van der Waals surface area contributed by atoms with Gasteiger partial charge in [-0.15, -0.1) is 0 Å². The fourth-order valence-electron chi connectivity index (χ4n) is 2.30. The van der Waals surface area contributed by atoms with Crippen LogP contribution in [0.25, 0.3) is 0 Å². The van der Waals surface area contributed by atoms with Crippen LogP contribution in [-0.2, 0) is 6.42 Å². The van der Waals surface area contributed by atoms with Gasteiger partial charge in [0, 0.05) is 12.5 Å². The van der Waals surface area contributed by atoms with Crippen LogP contribution in [0.4, 0.5) is 0 Å². The summed E-state index contributed by atoms with van der Waals surface area (Å²) in [5, 5.41) is 0. The normalized spacial score (nSPS) is 19.2. The summed E-state index contributed by atoms with van der Waals surface area (Å²) in [5.74, 6) is 0.0781. The Morgan fingerprint density at radius 1 is 1.56 bits per heavy atom. The smallest absolute Gasteiger partial charge is 0.266 e. The lowest BCUT2D eigenvalue weighted by atomic mass is 10.0. The van der Waals surface area contributed by atoms with Gasteiger partial charge < -0.3 is 5.73 Å². The summed E-state index contributed by atoms with van der Waals surface area (Å²) in [6.07, 6.45) is 2.76. The molecule has 0 aliphatic carbocycles. The van der Waals surface area contributed by atoms with Crippen LogP contribution < -0.4 is 11.3 Å². The van der Waals surface area contributed by atoms with Crippen molar-refractivity contribution in [2.24, 2.45) is 5.73 Å². The molecule has 1 unspecified atom stereocenters. The van der Waals surface area contributed by atoms with Gasteiger partial charge in [0.1, 0.15) is 11.4 Å². The quantitative estimate of drug-likeness (QED) is 0.752. The molecular formula is C11H15N3O2. The van der Waals surface area contributed by atoms with E-state index in [0.717, 1.165) is 25.1 Å². The molecule has 1 aliphatic heterocycles.